The summed E-state index contributed by atoms with van der Waals surface area (Å²) in [6, 6.07) is 4.81. The topological polar surface area (TPSA) is 83.6 Å². The highest BCUT2D eigenvalue weighted by Gasteiger charge is 2.16. The van der Waals surface area contributed by atoms with Crippen molar-refractivity contribution in [2.45, 2.75) is 0 Å². The molecule has 0 fully saturated rings. The van der Waals surface area contributed by atoms with E-state index in [1.54, 1.807) is 12.1 Å². The van der Waals surface area contributed by atoms with Crippen LogP contribution in [0.25, 0.3) is 0 Å². The molecule has 5 nitrogen and oxygen atoms in total. The molecule has 6 heteroatoms. The summed E-state index contributed by atoms with van der Waals surface area (Å²) in [6.07, 6.45) is 0. The Bertz CT molecular complexity index is 434. The summed E-state index contributed by atoms with van der Waals surface area (Å²) in [6.45, 7) is -0.347. The van der Waals surface area contributed by atoms with Crippen molar-refractivity contribution in [3.63, 3.8) is 0 Å². The third kappa shape index (κ3) is 2.96. The van der Waals surface area contributed by atoms with E-state index in [0.717, 1.165) is 4.90 Å². The number of aliphatic carboxylic acids is 1. The molecule has 16 heavy (non-hydrogen) atoms. The van der Waals surface area contributed by atoms with E-state index in [1.165, 1.54) is 13.1 Å². The zero-order valence-corrected chi connectivity index (χ0v) is 10.2. The SMILES string of the molecule is CN(CC(=O)O)C(=O)c1cc(N)ccc1Br. The summed E-state index contributed by atoms with van der Waals surface area (Å²) < 4.78 is 0.587. The van der Waals surface area contributed by atoms with Crippen LogP contribution < -0.4 is 5.73 Å². The number of carbonyl (C=O) groups is 2. The van der Waals surface area contributed by atoms with E-state index in [9.17, 15) is 9.59 Å². The molecule has 0 radical (unpaired) electrons. The zero-order valence-electron chi connectivity index (χ0n) is 8.61. The van der Waals surface area contributed by atoms with Crippen molar-refractivity contribution < 1.29 is 14.7 Å². The van der Waals surface area contributed by atoms with E-state index in [-0.39, 0.29) is 12.5 Å². The molecule has 0 aromatic heterocycles. The van der Waals surface area contributed by atoms with Crippen LogP contribution in [-0.2, 0) is 4.79 Å². The van der Waals surface area contributed by atoms with Gasteiger partial charge in [0.05, 0.1) is 5.56 Å². The van der Waals surface area contributed by atoms with Gasteiger partial charge < -0.3 is 15.7 Å². The Morgan fingerprint density at radius 2 is 2.12 bits per heavy atom. The van der Waals surface area contributed by atoms with Gasteiger partial charge in [-0.25, -0.2) is 0 Å². The number of carbonyl (C=O) groups excluding carboxylic acids is 1. The minimum Gasteiger partial charge on any atom is -0.480 e. The minimum absolute atomic E-state index is 0.347. The second-order valence-corrected chi connectivity index (χ2v) is 4.15. The number of anilines is 1. The Morgan fingerprint density at radius 1 is 1.50 bits per heavy atom. The lowest BCUT2D eigenvalue weighted by Gasteiger charge is -2.15. The van der Waals surface area contributed by atoms with Crippen LogP contribution in [0.3, 0.4) is 0 Å². The number of likely N-dealkylation sites (N-methyl/N-ethyl adjacent to an activating group) is 1. The number of carboxylic acid groups (broad SMARTS) is 1. The number of hydrogen-bond acceptors (Lipinski definition) is 3. The number of carboxylic acids is 1. The highest BCUT2D eigenvalue weighted by atomic mass is 79.9. The zero-order chi connectivity index (χ0) is 12.3. The van der Waals surface area contributed by atoms with Gasteiger partial charge in [-0.15, -0.1) is 0 Å². The highest BCUT2D eigenvalue weighted by Crippen LogP contribution is 2.20. The standard InChI is InChI=1S/C10H11BrN2O3/c1-13(5-9(14)15)10(16)7-4-6(12)2-3-8(7)11/h2-4H,5,12H2,1H3,(H,14,15). The molecule has 0 bridgehead atoms. The van der Waals surface area contributed by atoms with Crippen LogP contribution in [0.5, 0.6) is 0 Å². The van der Waals surface area contributed by atoms with Crippen molar-refractivity contribution in [1.82, 2.24) is 4.90 Å². The first-order valence-corrected chi connectivity index (χ1v) is 5.23. The average Bonchev–Trinajstić information content (AvgIpc) is 2.19. The molecule has 1 amide bonds. The number of amides is 1. The van der Waals surface area contributed by atoms with Gasteiger partial charge in [0.15, 0.2) is 0 Å². The first kappa shape index (κ1) is 12.5. The predicted octanol–water partition coefficient (Wildman–Crippen LogP) is 1.19. The van der Waals surface area contributed by atoms with E-state index < -0.39 is 5.97 Å². The quantitative estimate of drug-likeness (QED) is 0.818. The van der Waals surface area contributed by atoms with Gasteiger partial charge in [0.25, 0.3) is 5.91 Å². The fourth-order valence-electron chi connectivity index (χ4n) is 1.19. The third-order valence-corrected chi connectivity index (χ3v) is 2.63. The lowest BCUT2D eigenvalue weighted by Crippen LogP contribution is -2.32. The van der Waals surface area contributed by atoms with Crippen LogP contribution in [-0.4, -0.2) is 35.5 Å². The summed E-state index contributed by atoms with van der Waals surface area (Å²) >= 11 is 3.22. The molecular formula is C10H11BrN2O3. The molecule has 0 unspecified atom stereocenters. The van der Waals surface area contributed by atoms with E-state index in [2.05, 4.69) is 15.9 Å². The van der Waals surface area contributed by atoms with Crippen molar-refractivity contribution in [1.29, 1.82) is 0 Å². The van der Waals surface area contributed by atoms with Crippen molar-refractivity contribution in [3.8, 4) is 0 Å². The molecule has 1 rings (SSSR count). The maximum atomic E-state index is 11.8. The molecule has 0 aliphatic rings. The molecule has 0 saturated heterocycles. The minimum atomic E-state index is -1.06. The van der Waals surface area contributed by atoms with Crippen molar-refractivity contribution in [2.24, 2.45) is 0 Å². The summed E-state index contributed by atoms with van der Waals surface area (Å²) in [5, 5.41) is 8.57. The fourth-order valence-corrected chi connectivity index (χ4v) is 1.60. The molecule has 0 spiro atoms. The van der Waals surface area contributed by atoms with Gasteiger partial charge in [0.1, 0.15) is 6.54 Å². The van der Waals surface area contributed by atoms with Gasteiger partial charge in [0.2, 0.25) is 0 Å². The lowest BCUT2D eigenvalue weighted by atomic mass is 10.2. The maximum Gasteiger partial charge on any atom is 0.323 e. The Kier molecular flexibility index (Phi) is 3.89. The Morgan fingerprint density at radius 3 is 2.69 bits per heavy atom. The van der Waals surface area contributed by atoms with Crippen LogP contribution in [0, 0.1) is 0 Å². The van der Waals surface area contributed by atoms with Gasteiger partial charge in [-0.2, -0.15) is 0 Å². The molecule has 0 aliphatic heterocycles. The number of hydrogen-bond donors (Lipinski definition) is 2. The van der Waals surface area contributed by atoms with Crippen LogP contribution in [0.4, 0.5) is 5.69 Å². The van der Waals surface area contributed by atoms with Crippen molar-refractivity contribution in [2.75, 3.05) is 19.3 Å². The molecule has 0 heterocycles. The van der Waals surface area contributed by atoms with E-state index in [0.29, 0.717) is 15.7 Å². The second-order valence-electron chi connectivity index (χ2n) is 3.29. The molecule has 0 saturated carbocycles. The number of nitrogens with zero attached hydrogens (tertiary/aromatic N) is 1. The lowest BCUT2D eigenvalue weighted by molar-refractivity contribution is -0.137. The average molecular weight is 287 g/mol. The van der Waals surface area contributed by atoms with Crippen molar-refractivity contribution in [3.05, 3.63) is 28.2 Å². The summed E-state index contributed by atoms with van der Waals surface area (Å²) in [7, 11) is 1.42. The maximum absolute atomic E-state index is 11.8. The fraction of sp³-hybridized carbons (Fsp3) is 0.200. The molecule has 1 aromatic carbocycles. The van der Waals surface area contributed by atoms with E-state index in [4.69, 9.17) is 10.8 Å². The molecule has 0 atom stereocenters. The monoisotopic (exact) mass is 286 g/mol. The molecule has 86 valence electrons. The Hall–Kier alpha value is -1.56. The largest absolute Gasteiger partial charge is 0.480 e. The van der Waals surface area contributed by atoms with Crippen LogP contribution in [0.1, 0.15) is 10.4 Å². The smallest absolute Gasteiger partial charge is 0.323 e. The van der Waals surface area contributed by atoms with Crippen LogP contribution >= 0.6 is 15.9 Å². The summed E-state index contributed by atoms with van der Waals surface area (Å²) in [5.41, 5.74) is 6.36. The van der Waals surface area contributed by atoms with Gasteiger partial charge in [0, 0.05) is 17.2 Å². The number of nitrogen functional groups attached to an aromatic ring is 1. The number of nitrogens with two attached hydrogens (primary N) is 1. The van der Waals surface area contributed by atoms with Gasteiger partial charge >= 0.3 is 5.97 Å². The third-order valence-electron chi connectivity index (χ3n) is 1.94. The second kappa shape index (κ2) is 4.98. The van der Waals surface area contributed by atoms with Gasteiger partial charge in [-0.3, -0.25) is 9.59 Å². The first-order valence-electron chi connectivity index (χ1n) is 4.44. The number of halogens is 1. The molecule has 3 N–H and O–H groups in total. The summed E-state index contributed by atoms with van der Waals surface area (Å²) in [5.74, 6) is -1.45. The van der Waals surface area contributed by atoms with Crippen molar-refractivity contribution >= 4 is 33.5 Å². The predicted molar refractivity (Wildman–Crippen MR) is 63.2 cm³/mol. The Labute approximate surface area is 101 Å². The van der Waals surface area contributed by atoms with E-state index in [1.807, 2.05) is 0 Å². The normalized spacial score (nSPS) is 9.88. The van der Waals surface area contributed by atoms with E-state index >= 15 is 0 Å². The molecular weight excluding hydrogens is 276 g/mol. The first-order chi connectivity index (χ1) is 7.41. The number of benzene rings is 1. The number of rotatable bonds is 3. The van der Waals surface area contributed by atoms with Crippen LogP contribution in [0.2, 0.25) is 0 Å². The highest BCUT2D eigenvalue weighted by molar-refractivity contribution is 9.10. The summed E-state index contributed by atoms with van der Waals surface area (Å²) in [4.78, 5) is 23.4. The Balaban J connectivity index is 2.95. The molecule has 0 aliphatic carbocycles. The van der Waals surface area contributed by atoms with Gasteiger partial charge in [-0.1, -0.05) is 0 Å². The molecule has 1 aromatic rings. The van der Waals surface area contributed by atoms with Crippen LogP contribution in [0.15, 0.2) is 22.7 Å². The van der Waals surface area contributed by atoms with Gasteiger partial charge in [-0.05, 0) is 34.1 Å².